The number of hydrogen-bond donors (Lipinski definition) is 0. The summed E-state index contributed by atoms with van der Waals surface area (Å²) in [5.41, 5.74) is 2.77. The van der Waals surface area contributed by atoms with Gasteiger partial charge in [0.15, 0.2) is 6.73 Å². The third-order valence-corrected chi connectivity index (χ3v) is 8.92. The Morgan fingerprint density at radius 3 is 2.69 bits per heavy atom. The van der Waals surface area contributed by atoms with Crippen molar-refractivity contribution in [1.82, 2.24) is 9.27 Å². The van der Waals surface area contributed by atoms with E-state index in [0.29, 0.717) is 17.9 Å². The predicted octanol–water partition coefficient (Wildman–Crippen LogP) is 6.06. The number of aromatic nitrogens is 1. The summed E-state index contributed by atoms with van der Waals surface area (Å²) in [4.78, 5) is 31.2. The Labute approximate surface area is 239 Å². The number of benzene rings is 2. The summed E-state index contributed by atoms with van der Waals surface area (Å²) in [6.07, 6.45) is 6.91. The van der Waals surface area contributed by atoms with Crippen molar-refractivity contribution in [2.24, 2.45) is 0 Å². The molecule has 1 saturated heterocycles. The lowest BCUT2D eigenvalue weighted by Gasteiger charge is -2.35. The van der Waals surface area contributed by atoms with E-state index in [1.54, 1.807) is 16.4 Å². The maximum Gasteiger partial charge on any atom is 0.307 e. The number of piperazine rings is 1. The highest BCUT2D eigenvalue weighted by molar-refractivity contribution is 7.13. The third kappa shape index (κ3) is 6.73. The van der Waals surface area contributed by atoms with Crippen LogP contribution in [0.5, 0.6) is 0 Å². The van der Waals surface area contributed by atoms with Crippen LogP contribution >= 0.6 is 23.1 Å². The largest absolute Gasteiger partial charge is 0.444 e. The van der Waals surface area contributed by atoms with Crippen molar-refractivity contribution in [2.45, 2.75) is 58.3 Å². The Morgan fingerprint density at radius 1 is 1.08 bits per heavy atom. The molecule has 3 aromatic rings. The molecule has 5 rings (SSSR count). The van der Waals surface area contributed by atoms with E-state index in [1.807, 2.05) is 6.07 Å². The fraction of sp³-hybridized carbons (Fsp3) is 0.500. The SMILES string of the molecule is CCCCCCCC(=O)OCN1C(=O)Cc2cc(CCN3CCN(c4nsc5ccccc45)CC3)c(Cl)cc21. The Morgan fingerprint density at radius 2 is 1.87 bits per heavy atom. The maximum absolute atomic E-state index is 12.7. The van der Waals surface area contributed by atoms with Crippen molar-refractivity contribution < 1.29 is 14.3 Å². The van der Waals surface area contributed by atoms with Crippen molar-refractivity contribution in [3.05, 3.63) is 52.5 Å². The second-order valence-corrected chi connectivity index (χ2v) is 11.7. The Balaban J connectivity index is 1.11. The van der Waals surface area contributed by atoms with Gasteiger partial charge in [-0.3, -0.25) is 19.4 Å². The molecule has 0 radical (unpaired) electrons. The predicted molar refractivity (Wildman–Crippen MR) is 159 cm³/mol. The number of anilines is 2. The van der Waals surface area contributed by atoms with Crippen molar-refractivity contribution in [3.8, 4) is 0 Å². The molecule has 39 heavy (non-hydrogen) atoms. The van der Waals surface area contributed by atoms with Gasteiger partial charge >= 0.3 is 5.97 Å². The summed E-state index contributed by atoms with van der Waals surface area (Å²) >= 11 is 8.24. The van der Waals surface area contributed by atoms with Crippen molar-refractivity contribution in [3.63, 3.8) is 0 Å². The van der Waals surface area contributed by atoms with Gasteiger partial charge in [0, 0.05) is 49.6 Å². The van der Waals surface area contributed by atoms with Crippen molar-refractivity contribution >= 4 is 56.6 Å². The van der Waals surface area contributed by atoms with E-state index in [9.17, 15) is 9.59 Å². The van der Waals surface area contributed by atoms with Gasteiger partial charge in [-0.2, -0.15) is 4.37 Å². The molecule has 0 saturated carbocycles. The molecule has 0 atom stereocenters. The van der Waals surface area contributed by atoms with Gasteiger partial charge in [0.2, 0.25) is 5.91 Å². The number of hydrogen-bond acceptors (Lipinski definition) is 7. The van der Waals surface area contributed by atoms with Gasteiger partial charge in [0.05, 0.1) is 16.8 Å². The highest BCUT2D eigenvalue weighted by atomic mass is 35.5. The van der Waals surface area contributed by atoms with Crippen molar-refractivity contribution in [2.75, 3.05) is 49.3 Å². The van der Waals surface area contributed by atoms with Gasteiger partial charge in [0.25, 0.3) is 0 Å². The van der Waals surface area contributed by atoms with Crippen LogP contribution in [0.25, 0.3) is 10.1 Å². The van der Waals surface area contributed by atoms with Crippen LogP contribution < -0.4 is 9.80 Å². The zero-order valence-electron chi connectivity index (χ0n) is 22.7. The van der Waals surface area contributed by atoms with Crippen LogP contribution in [0.1, 0.15) is 56.6 Å². The van der Waals surface area contributed by atoms with Gasteiger partial charge < -0.3 is 9.64 Å². The smallest absolute Gasteiger partial charge is 0.307 e. The fourth-order valence-corrected chi connectivity index (χ4v) is 6.47. The molecular weight excluding hydrogens is 532 g/mol. The average molecular weight is 569 g/mol. The van der Waals surface area contributed by atoms with Crippen LogP contribution in [0.2, 0.25) is 5.02 Å². The van der Waals surface area contributed by atoms with E-state index in [1.165, 1.54) is 22.9 Å². The van der Waals surface area contributed by atoms with Gasteiger partial charge in [-0.1, -0.05) is 62.4 Å². The molecule has 2 aliphatic rings. The lowest BCUT2D eigenvalue weighted by atomic mass is 10.1. The number of fused-ring (bicyclic) bond motifs is 2. The monoisotopic (exact) mass is 568 g/mol. The maximum atomic E-state index is 12.7. The molecule has 1 aromatic heterocycles. The normalized spacial score (nSPS) is 15.8. The molecule has 9 heteroatoms. The Kier molecular flexibility index (Phi) is 9.37. The number of ether oxygens (including phenoxy) is 1. The molecule has 7 nitrogen and oxygen atoms in total. The number of nitrogens with zero attached hydrogens (tertiary/aromatic N) is 4. The zero-order valence-corrected chi connectivity index (χ0v) is 24.2. The van der Waals surface area contributed by atoms with E-state index in [2.05, 4.69) is 47.1 Å². The first-order valence-corrected chi connectivity index (χ1v) is 15.3. The van der Waals surface area contributed by atoms with Crippen LogP contribution in [0.3, 0.4) is 0 Å². The molecule has 208 valence electrons. The summed E-state index contributed by atoms with van der Waals surface area (Å²) < 4.78 is 11.4. The number of halogens is 1. The molecule has 0 N–H and O–H groups in total. The van der Waals surface area contributed by atoms with Crippen LogP contribution in [0.15, 0.2) is 36.4 Å². The summed E-state index contributed by atoms with van der Waals surface area (Å²) in [7, 11) is 0. The zero-order chi connectivity index (χ0) is 27.2. The minimum atomic E-state index is -0.251. The van der Waals surface area contributed by atoms with Crippen LogP contribution in [-0.2, 0) is 27.2 Å². The van der Waals surface area contributed by atoms with Crippen molar-refractivity contribution in [1.29, 1.82) is 0 Å². The first-order valence-electron chi connectivity index (χ1n) is 14.1. The number of unbranched alkanes of at least 4 members (excludes halogenated alkanes) is 4. The topological polar surface area (TPSA) is 66.0 Å². The number of esters is 1. The molecule has 2 aliphatic heterocycles. The van der Waals surface area contributed by atoms with Gasteiger partial charge in [0.1, 0.15) is 5.82 Å². The minimum Gasteiger partial charge on any atom is -0.444 e. The Bertz CT molecular complexity index is 1300. The summed E-state index contributed by atoms with van der Waals surface area (Å²) in [5.74, 6) is 0.793. The lowest BCUT2D eigenvalue weighted by Crippen LogP contribution is -2.47. The van der Waals surface area contributed by atoms with Gasteiger partial charge in [-0.05, 0) is 53.7 Å². The van der Waals surface area contributed by atoms with Crippen LogP contribution in [-0.4, -0.2) is 60.6 Å². The molecule has 0 aliphatic carbocycles. The number of rotatable bonds is 12. The third-order valence-electron chi connectivity index (χ3n) is 7.75. The first kappa shape index (κ1) is 27.9. The second-order valence-electron chi connectivity index (χ2n) is 10.5. The van der Waals surface area contributed by atoms with E-state index in [0.717, 1.165) is 81.0 Å². The second kappa shape index (κ2) is 13.1. The fourth-order valence-electron chi connectivity index (χ4n) is 5.42. The molecule has 2 aromatic carbocycles. The molecule has 0 bridgehead atoms. The van der Waals surface area contributed by atoms with Gasteiger partial charge in [-0.25, -0.2) is 0 Å². The van der Waals surface area contributed by atoms with Crippen LogP contribution in [0, 0.1) is 0 Å². The van der Waals surface area contributed by atoms with Crippen LogP contribution in [0.4, 0.5) is 11.5 Å². The Hall–Kier alpha value is -2.68. The molecule has 1 amide bonds. The molecule has 1 fully saturated rings. The number of carbonyl (C=O) groups excluding carboxylic acids is 2. The highest BCUT2D eigenvalue weighted by Crippen LogP contribution is 2.34. The standard InChI is InChI=1S/C30H37ClN4O3S/c1-2-3-4-5-6-11-29(37)38-21-35-26-20-25(31)22(18-23(26)19-28(35)36)12-13-33-14-16-34(17-15-33)30-24-9-7-8-10-27(24)39-32-30/h7-10,18,20H,2-6,11-17,19,21H2,1H3. The minimum absolute atomic E-state index is 0.0478. The number of carbonyl (C=O) groups is 2. The molecule has 0 unspecified atom stereocenters. The summed E-state index contributed by atoms with van der Waals surface area (Å²) in [6, 6.07) is 12.3. The molecular formula is C30H37ClN4O3S. The van der Waals surface area contributed by atoms with Gasteiger partial charge in [-0.15, -0.1) is 0 Å². The summed E-state index contributed by atoms with van der Waals surface area (Å²) in [5, 5.41) is 1.89. The molecule has 0 spiro atoms. The lowest BCUT2D eigenvalue weighted by molar-refractivity contribution is -0.144. The number of amides is 1. The molecule has 3 heterocycles. The first-order chi connectivity index (χ1) is 19.0. The van der Waals surface area contributed by atoms with E-state index >= 15 is 0 Å². The van der Waals surface area contributed by atoms with E-state index < -0.39 is 0 Å². The van der Waals surface area contributed by atoms with E-state index in [4.69, 9.17) is 20.7 Å². The summed E-state index contributed by atoms with van der Waals surface area (Å²) in [6.45, 7) is 6.89. The highest BCUT2D eigenvalue weighted by Gasteiger charge is 2.29. The quantitative estimate of drug-likeness (QED) is 0.195. The van der Waals surface area contributed by atoms with E-state index in [-0.39, 0.29) is 18.6 Å². The average Bonchev–Trinajstić information content (AvgIpc) is 3.51.